The Morgan fingerprint density at radius 3 is 2.00 bits per heavy atom. The fourth-order valence-electron chi connectivity index (χ4n) is 1.93. The van der Waals surface area contributed by atoms with Crippen molar-refractivity contribution in [3.8, 4) is 0 Å². The van der Waals surface area contributed by atoms with Crippen LogP contribution in [-0.2, 0) is 4.79 Å². The van der Waals surface area contributed by atoms with Crippen molar-refractivity contribution in [2.75, 3.05) is 0 Å². The molecule has 0 aliphatic carbocycles. The molecule has 0 heterocycles. The van der Waals surface area contributed by atoms with Crippen molar-refractivity contribution < 1.29 is 4.79 Å². The van der Waals surface area contributed by atoms with Crippen molar-refractivity contribution in [1.82, 2.24) is 0 Å². The van der Waals surface area contributed by atoms with Crippen LogP contribution in [0.5, 0.6) is 0 Å². The first kappa shape index (κ1) is 18.1. The summed E-state index contributed by atoms with van der Waals surface area (Å²) >= 11 is 3.64. The highest BCUT2D eigenvalue weighted by molar-refractivity contribution is 9.09. The van der Waals surface area contributed by atoms with Crippen LogP contribution in [0.1, 0.15) is 85.5 Å². The van der Waals surface area contributed by atoms with Crippen LogP contribution in [-0.4, -0.2) is 10.6 Å². The van der Waals surface area contributed by atoms with Crippen LogP contribution in [0.15, 0.2) is 0 Å². The van der Waals surface area contributed by atoms with Crippen LogP contribution in [0.3, 0.4) is 0 Å². The SMILES string of the molecule is CCCCCCCCCC(Br)CC(=O)C(C)(C)C. The molecule has 0 aromatic carbocycles. The fraction of sp³-hybridized carbons (Fsp3) is 0.938. The molecule has 18 heavy (non-hydrogen) atoms. The predicted molar refractivity (Wildman–Crippen MR) is 84.4 cm³/mol. The quantitative estimate of drug-likeness (QED) is 0.362. The van der Waals surface area contributed by atoms with E-state index in [0.717, 1.165) is 6.42 Å². The number of alkyl halides is 1. The molecular formula is C16H31BrO. The van der Waals surface area contributed by atoms with Crippen LogP contribution in [0.25, 0.3) is 0 Å². The van der Waals surface area contributed by atoms with Gasteiger partial charge in [-0.2, -0.15) is 0 Å². The highest BCUT2D eigenvalue weighted by Crippen LogP contribution is 2.23. The van der Waals surface area contributed by atoms with Crippen LogP contribution >= 0.6 is 15.9 Å². The minimum absolute atomic E-state index is 0.188. The number of rotatable bonds is 10. The summed E-state index contributed by atoms with van der Waals surface area (Å²) in [4.78, 5) is 12.2. The van der Waals surface area contributed by atoms with Gasteiger partial charge in [0.2, 0.25) is 0 Å². The van der Waals surface area contributed by atoms with Gasteiger partial charge < -0.3 is 0 Å². The molecule has 0 radical (unpaired) electrons. The standard InChI is InChI=1S/C16H31BrO/c1-5-6-7-8-9-10-11-12-14(17)13-15(18)16(2,3)4/h14H,5-13H2,1-4H3. The van der Waals surface area contributed by atoms with Crippen molar-refractivity contribution in [3.05, 3.63) is 0 Å². The molecule has 1 unspecified atom stereocenters. The summed E-state index contributed by atoms with van der Waals surface area (Å²) in [6, 6.07) is 0. The lowest BCUT2D eigenvalue weighted by molar-refractivity contribution is -0.126. The van der Waals surface area contributed by atoms with E-state index in [2.05, 4.69) is 22.9 Å². The lowest BCUT2D eigenvalue weighted by atomic mass is 9.87. The summed E-state index contributed by atoms with van der Waals surface area (Å²) in [7, 11) is 0. The number of unbranched alkanes of at least 4 members (excludes halogenated alkanes) is 6. The van der Waals surface area contributed by atoms with Gasteiger partial charge in [-0.15, -0.1) is 0 Å². The Balaban J connectivity index is 3.48. The van der Waals surface area contributed by atoms with Gasteiger partial charge in [0.15, 0.2) is 0 Å². The molecule has 0 aromatic heterocycles. The first-order valence-corrected chi connectivity index (χ1v) is 8.47. The third-order valence-corrected chi connectivity index (χ3v) is 4.15. The van der Waals surface area contributed by atoms with Gasteiger partial charge in [-0.25, -0.2) is 0 Å². The molecule has 0 amide bonds. The summed E-state index contributed by atoms with van der Waals surface area (Å²) in [5.74, 6) is 0.368. The van der Waals surface area contributed by atoms with E-state index in [4.69, 9.17) is 0 Å². The third kappa shape index (κ3) is 10.1. The minimum Gasteiger partial charge on any atom is -0.299 e. The van der Waals surface area contributed by atoms with Gasteiger partial charge in [0.25, 0.3) is 0 Å². The largest absolute Gasteiger partial charge is 0.299 e. The summed E-state index contributed by atoms with van der Waals surface area (Å²) in [6.07, 6.45) is 11.2. The Hall–Kier alpha value is 0.150. The molecule has 0 aliphatic heterocycles. The second-order valence-electron chi connectivity index (χ2n) is 6.38. The molecule has 0 aromatic rings. The number of hydrogen-bond acceptors (Lipinski definition) is 1. The van der Waals surface area contributed by atoms with Gasteiger partial charge in [0, 0.05) is 16.7 Å². The van der Waals surface area contributed by atoms with E-state index in [1.54, 1.807) is 0 Å². The monoisotopic (exact) mass is 318 g/mol. The highest BCUT2D eigenvalue weighted by Gasteiger charge is 2.23. The molecule has 0 saturated heterocycles. The molecule has 0 spiro atoms. The number of hydrogen-bond donors (Lipinski definition) is 0. The highest BCUT2D eigenvalue weighted by atomic mass is 79.9. The van der Waals surface area contributed by atoms with Crippen LogP contribution in [0.2, 0.25) is 0 Å². The molecule has 108 valence electrons. The van der Waals surface area contributed by atoms with Crippen molar-refractivity contribution in [2.45, 2.75) is 90.3 Å². The Bertz CT molecular complexity index is 218. The van der Waals surface area contributed by atoms with Crippen LogP contribution < -0.4 is 0 Å². The van der Waals surface area contributed by atoms with E-state index >= 15 is 0 Å². The maximum Gasteiger partial charge on any atom is 0.139 e. The lowest BCUT2D eigenvalue weighted by Crippen LogP contribution is -2.23. The van der Waals surface area contributed by atoms with Gasteiger partial charge in [0.1, 0.15) is 5.78 Å². The van der Waals surface area contributed by atoms with Crippen molar-refractivity contribution in [2.24, 2.45) is 5.41 Å². The zero-order valence-corrected chi connectivity index (χ0v) is 14.3. The van der Waals surface area contributed by atoms with Gasteiger partial charge in [-0.3, -0.25) is 4.79 Å². The average Bonchev–Trinajstić information content (AvgIpc) is 2.26. The van der Waals surface area contributed by atoms with E-state index < -0.39 is 0 Å². The Kier molecular flexibility index (Phi) is 10.1. The van der Waals surface area contributed by atoms with Crippen LogP contribution in [0, 0.1) is 5.41 Å². The summed E-state index contributed by atoms with van der Waals surface area (Å²) < 4.78 is 0. The van der Waals surface area contributed by atoms with Gasteiger partial charge in [0.05, 0.1) is 0 Å². The summed E-state index contributed by atoms with van der Waals surface area (Å²) in [5.41, 5.74) is -0.188. The normalized spacial score (nSPS) is 13.6. The number of carbonyl (C=O) groups is 1. The topological polar surface area (TPSA) is 17.1 Å². The molecule has 0 N–H and O–H groups in total. The smallest absolute Gasteiger partial charge is 0.139 e. The summed E-state index contributed by atoms with van der Waals surface area (Å²) in [6.45, 7) is 8.26. The number of carbonyl (C=O) groups excluding carboxylic acids is 1. The first-order valence-electron chi connectivity index (χ1n) is 7.55. The molecule has 1 atom stereocenters. The second kappa shape index (κ2) is 10.00. The molecule has 0 saturated carbocycles. The summed E-state index contributed by atoms with van der Waals surface area (Å²) in [5, 5.41) is 0. The van der Waals surface area contributed by atoms with Crippen LogP contribution in [0.4, 0.5) is 0 Å². The van der Waals surface area contributed by atoms with Gasteiger partial charge in [-0.05, 0) is 6.42 Å². The predicted octanol–water partition coefficient (Wildman–Crippen LogP) is 5.90. The zero-order chi connectivity index (χ0) is 14.0. The second-order valence-corrected chi connectivity index (χ2v) is 7.68. The maximum atomic E-state index is 11.9. The molecule has 0 fully saturated rings. The van der Waals surface area contributed by atoms with Crippen molar-refractivity contribution >= 4 is 21.7 Å². The molecule has 1 nitrogen and oxygen atoms in total. The average molecular weight is 319 g/mol. The minimum atomic E-state index is -0.188. The first-order chi connectivity index (χ1) is 8.38. The van der Waals surface area contributed by atoms with E-state index in [9.17, 15) is 4.79 Å². The van der Waals surface area contributed by atoms with E-state index in [1.165, 1.54) is 44.9 Å². The molecule has 2 heteroatoms. The molecule has 0 rings (SSSR count). The van der Waals surface area contributed by atoms with E-state index in [1.807, 2.05) is 20.8 Å². The Labute approximate surface area is 122 Å². The molecule has 0 bridgehead atoms. The maximum absolute atomic E-state index is 11.9. The molecule has 0 aliphatic rings. The Morgan fingerprint density at radius 2 is 1.50 bits per heavy atom. The van der Waals surface area contributed by atoms with E-state index in [0.29, 0.717) is 17.0 Å². The number of ketones is 1. The fourth-order valence-corrected chi connectivity index (χ4v) is 2.55. The lowest BCUT2D eigenvalue weighted by Gasteiger charge is -2.18. The Morgan fingerprint density at radius 1 is 1.00 bits per heavy atom. The number of Topliss-reactive ketones (excluding diaryl/α,β-unsaturated/α-hetero) is 1. The number of halogens is 1. The third-order valence-electron chi connectivity index (χ3n) is 3.36. The van der Waals surface area contributed by atoms with Gasteiger partial charge in [-0.1, -0.05) is 88.6 Å². The molecular weight excluding hydrogens is 288 g/mol. The zero-order valence-electron chi connectivity index (χ0n) is 12.7. The van der Waals surface area contributed by atoms with E-state index in [-0.39, 0.29) is 5.41 Å². The van der Waals surface area contributed by atoms with Crippen molar-refractivity contribution in [3.63, 3.8) is 0 Å². The van der Waals surface area contributed by atoms with Crippen molar-refractivity contribution in [1.29, 1.82) is 0 Å². The van der Waals surface area contributed by atoms with Gasteiger partial charge >= 0.3 is 0 Å².